The maximum Gasteiger partial charge on any atom is 0.406 e. The van der Waals surface area contributed by atoms with Gasteiger partial charge in [-0.1, -0.05) is 26.0 Å². The van der Waals surface area contributed by atoms with Crippen LogP contribution >= 0.6 is 0 Å². The lowest BCUT2D eigenvalue weighted by Gasteiger charge is -2.16. The third kappa shape index (κ3) is 3.02. The predicted molar refractivity (Wildman–Crippen MR) is 99.0 cm³/mol. The number of benzene rings is 1. The molecule has 0 atom stereocenters. The molecule has 28 heavy (non-hydrogen) atoms. The second-order valence-electron chi connectivity index (χ2n) is 6.87. The minimum absolute atomic E-state index is 0.0983. The average Bonchev–Trinajstić information content (AvgIpc) is 3.14. The van der Waals surface area contributed by atoms with Gasteiger partial charge in [-0.2, -0.15) is 18.3 Å². The van der Waals surface area contributed by atoms with Gasteiger partial charge in [-0.3, -0.25) is 14.5 Å². The number of nitrogens with one attached hydrogen (secondary N) is 1. The summed E-state index contributed by atoms with van der Waals surface area (Å²) in [5.41, 5.74) is 2.00. The lowest BCUT2D eigenvalue weighted by molar-refractivity contribution is -0.140. The lowest BCUT2D eigenvalue weighted by atomic mass is 9.97. The van der Waals surface area contributed by atoms with E-state index in [0.717, 1.165) is 15.8 Å². The van der Waals surface area contributed by atoms with E-state index in [0.29, 0.717) is 16.5 Å². The molecule has 0 aliphatic rings. The molecule has 3 heterocycles. The summed E-state index contributed by atoms with van der Waals surface area (Å²) < 4.78 is 40.2. The van der Waals surface area contributed by atoms with Gasteiger partial charge in [0.15, 0.2) is 0 Å². The van der Waals surface area contributed by atoms with Gasteiger partial charge in [0.1, 0.15) is 12.9 Å². The number of alkyl halides is 3. The highest BCUT2D eigenvalue weighted by Crippen LogP contribution is 2.31. The summed E-state index contributed by atoms with van der Waals surface area (Å²) in [5, 5.41) is 7.15. The van der Waals surface area contributed by atoms with Gasteiger partial charge in [0, 0.05) is 17.1 Å². The SMILES string of the molecule is CC(C)c1ncncc1-c1ccc2c3[nH]ncc3c(=O)n(CC(F)(F)F)c2c1. The van der Waals surface area contributed by atoms with Crippen LogP contribution in [-0.2, 0) is 6.54 Å². The monoisotopic (exact) mass is 387 g/mol. The maximum atomic E-state index is 13.2. The van der Waals surface area contributed by atoms with Gasteiger partial charge in [-0.05, 0) is 17.5 Å². The van der Waals surface area contributed by atoms with E-state index in [1.807, 2.05) is 13.8 Å². The van der Waals surface area contributed by atoms with Crippen LogP contribution in [0.1, 0.15) is 25.5 Å². The van der Waals surface area contributed by atoms with Crippen molar-refractivity contribution >= 4 is 21.8 Å². The molecule has 0 spiro atoms. The van der Waals surface area contributed by atoms with Crippen LogP contribution < -0.4 is 5.56 Å². The molecule has 0 saturated carbocycles. The van der Waals surface area contributed by atoms with E-state index < -0.39 is 18.3 Å². The Balaban J connectivity index is 2.05. The van der Waals surface area contributed by atoms with Crippen LogP contribution in [0.2, 0.25) is 0 Å². The van der Waals surface area contributed by atoms with E-state index in [1.165, 1.54) is 12.5 Å². The van der Waals surface area contributed by atoms with E-state index in [2.05, 4.69) is 20.2 Å². The fourth-order valence-corrected chi connectivity index (χ4v) is 3.40. The summed E-state index contributed by atoms with van der Waals surface area (Å²) in [6.07, 6.45) is -0.221. The minimum atomic E-state index is -4.54. The number of hydrogen-bond donors (Lipinski definition) is 1. The van der Waals surface area contributed by atoms with Crippen LogP contribution in [0.4, 0.5) is 13.2 Å². The molecule has 0 radical (unpaired) electrons. The zero-order valence-corrected chi connectivity index (χ0v) is 15.1. The summed E-state index contributed by atoms with van der Waals surface area (Å²) in [7, 11) is 0. The Kier molecular flexibility index (Phi) is 4.17. The van der Waals surface area contributed by atoms with E-state index in [1.54, 1.807) is 24.4 Å². The number of rotatable bonds is 3. The molecule has 0 aliphatic heterocycles. The smallest absolute Gasteiger partial charge is 0.298 e. The Labute approximate surface area is 157 Å². The van der Waals surface area contributed by atoms with Crippen molar-refractivity contribution in [2.24, 2.45) is 0 Å². The quantitative estimate of drug-likeness (QED) is 0.576. The molecule has 0 unspecified atom stereocenters. The van der Waals surface area contributed by atoms with Crippen LogP contribution in [-0.4, -0.2) is 30.9 Å². The fraction of sp³-hybridized carbons (Fsp3) is 0.263. The minimum Gasteiger partial charge on any atom is -0.298 e. The van der Waals surface area contributed by atoms with Crippen LogP contribution in [0.25, 0.3) is 32.9 Å². The zero-order chi connectivity index (χ0) is 20.1. The van der Waals surface area contributed by atoms with Gasteiger partial charge >= 0.3 is 6.18 Å². The standard InChI is InChI=1S/C19H16F3N5O/c1-10(2)16-13(6-23-9-24-16)11-3-4-12-15(5-11)27(8-19(20,21)22)18(28)14-7-25-26-17(12)14/h3-7,9-10H,8H2,1-2H3,(H,25,26). The highest BCUT2D eigenvalue weighted by Gasteiger charge is 2.30. The molecule has 9 heteroatoms. The number of pyridine rings is 1. The summed E-state index contributed by atoms with van der Waals surface area (Å²) in [6, 6.07) is 5.05. The summed E-state index contributed by atoms with van der Waals surface area (Å²) in [4.78, 5) is 21.0. The summed E-state index contributed by atoms with van der Waals surface area (Å²) in [5.74, 6) is 0.0983. The van der Waals surface area contributed by atoms with Crippen molar-refractivity contribution in [1.82, 2.24) is 24.7 Å². The van der Waals surface area contributed by atoms with Gasteiger partial charge in [0.2, 0.25) is 0 Å². The molecule has 3 aromatic heterocycles. The second kappa shape index (κ2) is 6.43. The second-order valence-corrected chi connectivity index (χ2v) is 6.87. The highest BCUT2D eigenvalue weighted by molar-refractivity contribution is 6.04. The van der Waals surface area contributed by atoms with Gasteiger partial charge in [0.25, 0.3) is 5.56 Å². The molecule has 1 N–H and O–H groups in total. The van der Waals surface area contributed by atoms with Crippen LogP contribution in [0.3, 0.4) is 0 Å². The Morgan fingerprint density at radius 1 is 1.18 bits per heavy atom. The Hall–Kier alpha value is -3.23. The number of halogens is 3. The highest BCUT2D eigenvalue weighted by atomic mass is 19.4. The molecule has 0 saturated heterocycles. The zero-order valence-electron chi connectivity index (χ0n) is 15.1. The van der Waals surface area contributed by atoms with Gasteiger partial charge in [-0.25, -0.2) is 9.97 Å². The Morgan fingerprint density at radius 2 is 1.96 bits per heavy atom. The van der Waals surface area contributed by atoms with Crippen molar-refractivity contribution in [3.63, 3.8) is 0 Å². The molecule has 144 valence electrons. The van der Waals surface area contributed by atoms with E-state index in [4.69, 9.17) is 0 Å². The van der Waals surface area contributed by atoms with Crippen LogP contribution in [0.15, 0.2) is 41.7 Å². The molecular formula is C19H16F3N5O. The first-order valence-corrected chi connectivity index (χ1v) is 8.63. The average molecular weight is 387 g/mol. The number of fused-ring (bicyclic) bond motifs is 3. The molecular weight excluding hydrogens is 371 g/mol. The fourth-order valence-electron chi connectivity index (χ4n) is 3.40. The molecule has 1 aromatic carbocycles. The summed E-state index contributed by atoms with van der Waals surface area (Å²) in [6.45, 7) is 2.57. The van der Waals surface area contributed by atoms with Crippen LogP contribution in [0, 0.1) is 0 Å². The Morgan fingerprint density at radius 3 is 2.68 bits per heavy atom. The van der Waals surface area contributed by atoms with Crippen molar-refractivity contribution in [3.8, 4) is 11.1 Å². The maximum absolute atomic E-state index is 13.2. The molecule has 4 aromatic rings. The molecule has 0 fully saturated rings. The van der Waals surface area contributed by atoms with Crippen LogP contribution in [0.5, 0.6) is 0 Å². The number of nitrogens with zero attached hydrogens (tertiary/aromatic N) is 4. The predicted octanol–water partition coefficient (Wildman–Crippen LogP) is 4.02. The first-order chi connectivity index (χ1) is 13.3. The van der Waals surface area contributed by atoms with Crippen molar-refractivity contribution in [3.05, 3.63) is 53.0 Å². The van der Waals surface area contributed by atoms with E-state index in [-0.39, 0.29) is 16.8 Å². The van der Waals surface area contributed by atoms with Gasteiger partial charge in [0.05, 0.1) is 28.3 Å². The van der Waals surface area contributed by atoms with E-state index in [9.17, 15) is 18.0 Å². The largest absolute Gasteiger partial charge is 0.406 e. The van der Waals surface area contributed by atoms with Gasteiger partial charge < -0.3 is 0 Å². The molecule has 4 rings (SSSR count). The Bertz CT molecular complexity index is 1240. The lowest BCUT2D eigenvalue weighted by Crippen LogP contribution is -2.28. The van der Waals surface area contributed by atoms with Gasteiger partial charge in [-0.15, -0.1) is 0 Å². The molecule has 6 nitrogen and oxygen atoms in total. The third-order valence-electron chi connectivity index (χ3n) is 4.61. The van der Waals surface area contributed by atoms with Crippen molar-refractivity contribution in [2.45, 2.75) is 32.5 Å². The molecule has 0 aliphatic carbocycles. The number of H-pyrrole nitrogens is 1. The normalized spacial score (nSPS) is 12.4. The molecule has 0 amide bonds. The van der Waals surface area contributed by atoms with Crippen molar-refractivity contribution in [1.29, 1.82) is 0 Å². The first-order valence-electron chi connectivity index (χ1n) is 8.63. The number of aromatic amines is 1. The first kappa shape index (κ1) is 18.1. The van der Waals surface area contributed by atoms with E-state index >= 15 is 0 Å². The number of hydrogen-bond acceptors (Lipinski definition) is 4. The third-order valence-corrected chi connectivity index (χ3v) is 4.61. The van der Waals surface area contributed by atoms with Crippen molar-refractivity contribution in [2.75, 3.05) is 0 Å². The summed E-state index contributed by atoms with van der Waals surface area (Å²) >= 11 is 0. The number of aromatic nitrogens is 5. The van der Waals surface area contributed by atoms with Crippen molar-refractivity contribution < 1.29 is 13.2 Å². The molecule has 0 bridgehead atoms. The topological polar surface area (TPSA) is 76.5 Å².